The highest BCUT2D eigenvalue weighted by molar-refractivity contribution is 7.92. The van der Waals surface area contributed by atoms with Gasteiger partial charge < -0.3 is 5.32 Å². The van der Waals surface area contributed by atoms with Crippen molar-refractivity contribution in [3.8, 4) is 0 Å². The zero-order chi connectivity index (χ0) is 11.6. The van der Waals surface area contributed by atoms with Gasteiger partial charge in [0.2, 0.25) is 0 Å². The quantitative estimate of drug-likeness (QED) is 0.808. The second-order valence-electron chi connectivity index (χ2n) is 4.35. The van der Waals surface area contributed by atoms with Crippen LogP contribution in [0.4, 0.5) is 0 Å². The second-order valence-corrected chi connectivity index (χ2v) is 6.81. The van der Waals surface area contributed by atoms with E-state index in [9.17, 15) is 8.42 Å². The lowest BCUT2D eigenvalue weighted by Crippen LogP contribution is -2.26. The summed E-state index contributed by atoms with van der Waals surface area (Å²) in [4.78, 5) is 0. The van der Waals surface area contributed by atoms with Crippen LogP contribution < -0.4 is 5.32 Å². The molecule has 1 aromatic rings. The van der Waals surface area contributed by atoms with Crippen LogP contribution in [0.1, 0.15) is 24.9 Å². The molecular formula is C12H17NO2S. The first kappa shape index (κ1) is 11.6. The lowest BCUT2D eigenvalue weighted by atomic mass is 10.1. The van der Waals surface area contributed by atoms with Gasteiger partial charge in [0, 0.05) is 6.04 Å². The standard InChI is InChI=1S/C12H17NO2S/c1-10-7-8-13-12(9-16(10,14)15)11-5-3-2-4-6-11/h2-6,10,12-13H,7-9H2,1H3. The SMILES string of the molecule is CC1CCNC(c2ccccc2)CS1(=O)=O. The van der Waals surface area contributed by atoms with Gasteiger partial charge in [-0.3, -0.25) is 0 Å². The molecular weight excluding hydrogens is 222 g/mol. The predicted molar refractivity (Wildman–Crippen MR) is 65.1 cm³/mol. The average molecular weight is 239 g/mol. The van der Waals surface area contributed by atoms with Crippen LogP contribution in [-0.4, -0.2) is 26.0 Å². The van der Waals surface area contributed by atoms with Gasteiger partial charge in [-0.2, -0.15) is 0 Å². The summed E-state index contributed by atoms with van der Waals surface area (Å²) in [5.41, 5.74) is 1.06. The lowest BCUT2D eigenvalue weighted by molar-refractivity contribution is 0.572. The molecule has 1 N–H and O–H groups in total. The van der Waals surface area contributed by atoms with Crippen molar-refractivity contribution >= 4 is 9.84 Å². The maximum Gasteiger partial charge on any atom is 0.154 e. The molecule has 1 aliphatic heterocycles. The van der Waals surface area contributed by atoms with Gasteiger partial charge in [-0.25, -0.2) is 8.42 Å². The molecule has 88 valence electrons. The normalized spacial score (nSPS) is 29.6. The van der Waals surface area contributed by atoms with Gasteiger partial charge in [-0.1, -0.05) is 30.3 Å². The van der Waals surface area contributed by atoms with Crippen molar-refractivity contribution < 1.29 is 8.42 Å². The molecule has 0 bridgehead atoms. The van der Waals surface area contributed by atoms with Crippen molar-refractivity contribution in [3.05, 3.63) is 35.9 Å². The van der Waals surface area contributed by atoms with Crippen molar-refractivity contribution in [3.63, 3.8) is 0 Å². The van der Waals surface area contributed by atoms with Gasteiger partial charge >= 0.3 is 0 Å². The summed E-state index contributed by atoms with van der Waals surface area (Å²) in [6.07, 6.45) is 0.700. The zero-order valence-electron chi connectivity index (χ0n) is 9.39. The van der Waals surface area contributed by atoms with Crippen molar-refractivity contribution in [2.75, 3.05) is 12.3 Å². The van der Waals surface area contributed by atoms with E-state index in [0.29, 0.717) is 6.42 Å². The summed E-state index contributed by atoms with van der Waals surface area (Å²) in [5.74, 6) is 0.207. The molecule has 1 aliphatic rings. The Hall–Kier alpha value is -0.870. The van der Waals surface area contributed by atoms with Crippen LogP contribution in [-0.2, 0) is 9.84 Å². The van der Waals surface area contributed by atoms with Gasteiger partial charge in [0.25, 0.3) is 0 Å². The van der Waals surface area contributed by atoms with E-state index in [-0.39, 0.29) is 17.0 Å². The molecule has 4 heteroatoms. The summed E-state index contributed by atoms with van der Waals surface area (Å²) >= 11 is 0. The Bertz CT molecular complexity index is 441. The average Bonchev–Trinajstić information content (AvgIpc) is 2.40. The molecule has 3 nitrogen and oxygen atoms in total. The molecule has 0 amide bonds. The zero-order valence-corrected chi connectivity index (χ0v) is 10.2. The Balaban J connectivity index is 2.25. The number of nitrogens with one attached hydrogen (secondary N) is 1. The number of hydrogen-bond acceptors (Lipinski definition) is 3. The van der Waals surface area contributed by atoms with E-state index >= 15 is 0 Å². The Morgan fingerprint density at radius 1 is 1.25 bits per heavy atom. The van der Waals surface area contributed by atoms with Gasteiger partial charge in [0.15, 0.2) is 9.84 Å². The predicted octanol–water partition coefficient (Wildman–Crippen LogP) is 1.52. The molecule has 16 heavy (non-hydrogen) atoms. The van der Waals surface area contributed by atoms with E-state index in [4.69, 9.17) is 0 Å². The molecule has 0 saturated carbocycles. The van der Waals surface area contributed by atoms with Crippen LogP contribution in [0.2, 0.25) is 0 Å². The summed E-state index contributed by atoms with van der Waals surface area (Å²) in [6, 6.07) is 9.72. The van der Waals surface area contributed by atoms with Gasteiger partial charge in [0.1, 0.15) is 0 Å². The van der Waals surface area contributed by atoms with Crippen LogP contribution in [0.15, 0.2) is 30.3 Å². The van der Waals surface area contributed by atoms with Crippen LogP contribution >= 0.6 is 0 Å². The first-order valence-electron chi connectivity index (χ1n) is 5.59. The number of hydrogen-bond donors (Lipinski definition) is 1. The third-order valence-corrected chi connectivity index (χ3v) is 5.42. The van der Waals surface area contributed by atoms with Crippen LogP contribution in [0.5, 0.6) is 0 Å². The highest BCUT2D eigenvalue weighted by Crippen LogP contribution is 2.21. The molecule has 0 aromatic heterocycles. The third-order valence-electron chi connectivity index (χ3n) is 3.16. The number of benzene rings is 1. The fourth-order valence-corrected chi connectivity index (χ4v) is 3.58. The Labute approximate surface area is 96.8 Å². The van der Waals surface area contributed by atoms with E-state index in [1.807, 2.05) is 30.3 Å². The van der Waals surface area contributed by atoms with Crippen LogP contribution in [0.3, 0.4) is 0 Å². The first-order chi connectivity index (χ1) is 7.59. The van der Waals surface area contributed by atoms with E-state index in [2.05, 4.69) is 5.32 Å². The Kier molecular flexibility index (Phi) is 3.30. The van der Waals surface area contributed by atoms with Crippen molar-refractivity contribution in [1.29, 1.82) is 0 Å². The molecule has 2 atom stereocenters. The minimum absolute atomic E-state index is 0.0591. The summed E-state index contributed by atoms with van der Waals surface area (Å²) in [6.45, 7) is 2.56. The molecule has 2 rings (SSSR count). The first-order valence-corrected chi connectivity index (χ1v) is 7.31. The molecule has 2 unspecified atom stereocenters. The summed E-state index contributed by atoms with van der Waals surface area (Å²) in [7, 11) is -2.96. The highest BCUT2D eigenvalue weighted by Gasteiger charge is 2.28. The molecule has 0 radical (unpaired) electrons. The van der Waals surface area contributed by atoms with Crippen LogP contribution in [0.25, 0.3) is 0 Å². The Morgan fingerprint density at radius 3 is 2.62 bits per heavy atom. The van der Waals surface area contributed by atoms with Crippen molar-refractivity contribution in [1.82, 2.24) is 5.32 Å². The fourth-order valence-electron chi connectivity index (χ4n) is 2.00. The lowest BCUT2D eigenvalue weighted by Gasteiger charge is -2.15. The molecule has 1 saturated heterocycles. The minimum Gasteiger partial charge on any atom is -0.309 e. The van der Waals surface area contributed by atoms with Crippen molar-refractivity contribution in [2.45, 2.75) is 24.6 Å². The fraction of sp³-hybridized carbons (Fsp3) is 0.500. The topological polar surface area (TPSA) is 46.2 Å². The maximum atomic E-state index is 11.9. The van der Waals surface area contributed by atoms with Crippen LogP contribution in [0, 0.1) is 0 Å². The van der Waals surface area contributed by atoms with Gasteiger partial charge in [-0.05, 0) is 25.5 Å². The summed E-state index contributed by atoms with van der Waals surface area (Å²) in [5, 5.41) is 3.08. The van der Waals surface area contributed by atoms with E-state index in [0.717, 1.165) is 12.1 Å². The summed E-state index contributed by atoms with van der Waals surface area (Å²) < 4.78 is 23.9. The largest absolute Gasteiger partial charge is 0.309 e. The maximum absolute atomic E-state index is 11.9. The monoisotopic (exact) mass is 239 g/mol. The van der Waals surface area contributed by atoms with Gasteiger partial charge in [-0.15, -0.1) is 0 Å². The Morgan fingerprint density at radius 2 is 1.94 bits per heavy atom. The number of rotatable bonds is 1. The highest BCUT2D eigenvalue weighted by atomic mass is 32.2. The van der Waals surface area contributed by atoms with E-state index in [1.165, 1.54) is 0 Å². The number of sulfone groups is 1. The molecule has 0 aliphatic carbocycles. The smallest absolute Gasteiger partial charge is 0.154 e. The third kappa shape index (κ3) is 2.44. The molecule has 1 aromatic carbocycles. The molecule has 1 fully saturated rings. The van der Waals surface area contributed by atoms with E-state index in [1.54, 1.807) is 6.92 Å². The molecule has 0 spiro atoms. The minimum atomic E-state index is -2.96. The van der Waals surface area contributed by atoms with Gasteiger partial charge in [0.05, 0.1) is 11.0 Å². The van der Waals surface area contributed by atoms with E-state index < -0.39 is 9.84 Å². The molecule has 1 heterocycles. The second kappa shape index (κ2) is 4.55. The van der Waals surface area contributed by atoms with Crippen molar-refractivity contribution in [2.24, 2.45) is 0 Å².